The van der Waals surface area contributed by atoms with Crippen molar-refractivity contribution in [2.24, 2.45) is 0 Å². The average Bonchev–Trinajstić information content (AvgIpc) is 2.64. The summed E-state index contributed by atoms with van der Waals surface area (Å²) >= 11 is 2.98. The minimum absolute atomic E-state index is 0.175. The molecule has 0 bridgehead atoms. The molecule has 6 heteroatoms. The maximum Gasteiger partial charge on any atom is 0.250 e. The maximum absolute atomic E-state index is 11.7. The lowest BCUT2D eigenvalue weighted by molar-refractivity contribution is 0.586. The van der Waals surface area contributed by atoms with Crippen molar-refractivity contribution in [3.63, 3.8) is 0 Å². The largest absolute Gasteiger partial charge is 0.250 e. The van der Waals surface area contributed by atoms with Crippen molar-refractivity contribution in [3.05, 3.63) is 17.5 Å². The van der Waals surface area contributed by atoms with Crippen LogP contribution in [0, 0.1) is 0 Å². The molecule has 0 spiro atoms. The lowest BCUT2D eigenvalue weighted by atomic mass is 10.3. The van der Waals surface area contributed by atoms with E-state index in [2.05, 4.69) is 25.5 Å². The van der Waals surface area contributed by atoms with E-state index in [9.17, 15) is 8.42 Å². The van der Waals surface area contributed by atoms with Crippen LogP contribution in [0.15, 0.2) is 21.7 Å². The Labute approximate surface area is 106 Å². The number of thioether (sulfide) groups is 1. The van der Waals surface area contributed by atoms with Crippen LogP contribution in [0.5, 0.6) is 0 Å². The molecule has 16 heavy (non-hydrogen) atoms. The third-order valence-electron chi connectivity index (χ3n) is 1.69. The van der Waals surface area contributed by atoms with Crippen LogP contribution >= 0.6 is 23.1 Å². The first-order valence-corrected chi connectivity index (χ1v) is 8.33. The van der Waals surface area contributed by atoms with Gasteiger partial charge in [-0.15, -0.1) is 11.3 Å². The number of thiophene rings is 1. The number of rotatable bonds is 5. The van der Waals surface area contributed by atoms with E-state index in [1.807, 2.05) is 0 Å². The Balaban J connectivity index is 2.39. The molecule has 0 atom stereocenters. The molecule has 0 aliphatic heterocycles. The highest BCUT2D eigenvalue weighted by Crippen LogP contribution is 2.22. The van der Waals surface area contributed by atoms with Crippen LogP contribution in [0.2, 0.25) is 0 Å². The lowest BCUT2D eigenvalue weighted by Gasteiger charge is -2.17. The van der Waals surface area contributed by atoms with Crippen molar-refractivity contribution in [3.8, 4) is 0 Å². The molecule has 0 saturated heterocycles. The van der Waals surface area contributed by atoms with Crippen LogP contribution < -0.4 is 4.72 Å². The van der Waals surface area contributed by atoms with Crippen molar-refractivity contribution in [1.82, 2.24) is 4.72 Å². The molecule has 0 aliphatic rings. The second kappa shape index (κ2) is 5.53. The van der Waals surface area contributed by atoms with Gasteiger partial charge in [0.2, 0.25) is 10.0 Å². The van der Waals surface area contributed by atoms with E-state index in [0.29, 0.717) is 10.8 Å². The van der Waals surface area contributed by atoms with E-state index >= 15 is 0 Å². The maximum atomic E-state index is 11.7. The fourth-order valence-corrected chi connectivity index (χ4v) is 4.04. The van der Waals surface area contributed by atoms with E-state index in [0.717, 1.165) is 5.75 Å². The Morgan fingerprint density at radius 3 is 2.62 bits per heavy atom. The molecule has 0 unspecified atom stereocenters. The SMILES string of the molecule is CC(C)(C)SCCNS(=O)(=O)c1cccs1. The smallest absolute Gasteiger partial charge is 0.210 e. The summed E-state index contributed by atoms with van der Waals surface area (Å²) in [4.78, 5) is 0. The molecule has 1 aromatic heterocycles. The Morgan fingerprint density at radius 2 is 2.12 bits per heavy atom. The van der Waals surface area contributed by atoms with Crippen LogP contribution in [0.25, 0.3) is 0 Å². The summed E-state index contributed by atoms with van der Waals surface area (Å²) in [7, 11) is -3.28. The van der Waals surface area contributed by atoms with Crippen molar-refractivity contribution < 1.29 is 8.42 Å². The van der Waals surface area contributed by atoms with Gasteiger partial charge in [0.05, 0.1) is 0 Å². The summed E-state index contributed by atoms with van der Waals surface area (Å²) in [5.74, 6) is 0.786. The fourth-order valence-electron chi connectivity index (χ4n) is 1.02. The molecule has 0 amide bonds. The lowest BCUT2D eigenvalue weighted by Crippen LogP contribution is -2.26. The zero-order valence-corrected chi connectivity index (χ0v) is 12.1. The first-order valence-electron chi connectivity index (χ1n) is 4.98. The summed E-state index contributed by atoms with van der Waals surface area (Å²) in [5, 5.41) is 1.76. The van der Waals surface area contributed by atoms with Gasteiger partial charge in [-0.1, -0.05) is 26.8 Å². The molecule has 0 aliphatic carbocycles. The first kappa shape index (κ1) is 14.0. The second-order valence-corrected chi connectivity index (χ2v) is 9.15. The van der Waals surface area contributed by atoms with E-state index in [-0.39, 0.29) is 4.75 Å². The molecule has 1 heterocycles. The molecule has 0 fully saturated rings. The van der Waals surface area contributed by atoms with Gasteiger partial charge in [-0.25, -0.2) is 13.1 Å². The summed E-state index contributed by atoms with van der Waals surface area (Å²) in [5.41, 5.74) is 0. The number of nitrogens with one attached hydrogen (secondary N) is 1. The standard InChI is InChI=1S/C10H17NO2S3/c1-10(2,3)15-8-6-11-16(12,13)9-5-4-7-14-9/h4-5,7,11H,6,8H2,1-3H3. The van der Waals surface area contributed by atoms with Crippen LogP contribution in [-0.4, -0.2) is 25.5 Å². The zero-order chi connectivity index (χ0) is 12.2. The van der Waals surface area contributed by atoms with Crippen molar-refractivity contribution in [2.45, 2.75) is 29.7 Å². The van der Waals surface area contributed by atoms with E-state index < -0.39 is 10.0 Å². The highest BCUT2D eigenvalue weighted by atomic mass is 32.2. The first-order chi connectivity index (χ1) is 7.31. The van der Waals surface area contributed by atoms with Crippen LogP contribution in [-0.2, 0) is 10.0 Å². The van der Waals surface area contributed by atoms with Crippen LogP contribution in [0.4, 0.5) is 0 Å². The topological polar surface area (TPSA) is 46.2 Å². The highest BCUT2D eigenvalue weighted by molar-refractivity contribution is 8.00. The molecule has 0 radical (unpaired) electrons. The zero-order valence-electron chi connectivity index (χ0n) is 9.69. The summed E-state index contributed by atoms with van der Waals surface area (Å²) < 4.78 is 26.6. The van der Waals surface area contributed by atoms with Gasteiger partial charge in [-0.2, -0.15) is 11.8 Å². The van der Waals surface area contributed by atoms with Gasteiger partial charge >= 0.3 is 0 Å². The van der Waals surface area contributed by atoms with Gasteiger partial charge in [0.25, 0.3) is 0 Å². The van der Waals surface area contributed by atoms with Crippen LogP contribution in [0.3, 0.4) is 0 Å². The van der Waals surface area contributed by atoms with E-state index in [1.165, 1.54) is 11.3 Å². The number of hydrogen-bond acceptors (Lipinski definition) is 4. The van der Waals surface area contributed by atoms with Gasteiger partial charge in [-0.05, 0) is 11.4 Å². The minimum atomic E-state index is -3.28. The second-order valence-electron chi connectivity index (χ2n) is 4.29. The van der Waals surface area contributed by atoms with Crippen molar-refractivity contribution in [1.29, 1.82) is 0 Å². The molecule has 0 saturated carbocycles. The molecule has 0 aromatic carbocycles. The molecular weight excluding hydrogens is 262 g/mol. The molecule has 92 valence electrons. The Morgan fingerprint density at radius 1 is 1.44 bits per heavy atom. The van der Waals surface area contributed by atoms with Gasteiger partial charge in [0, 0.05) is 17.0 Å². The summed E-state index contributed by atoms with van der Waals surface area (Å²) in [6.07, 6.45) is 0. The predicted octanol–water partition coefficient (Wildman–Crippen LogP) is 2.56. The average molecular weight is 279 g/mol. The molecule has 1 N–H and O–H groups in total. The molecule has 1 aromatic rings. The summed E-state index contributed by atoms with van der Waals surface area (Å²) in [6, 6.07) is 3.35. The molecular formula is C10H17NO2S3. The monoisotopic (exact) mass is 279 g/mol. The highest BCUT2D eigenvalue weighted by Gasteiger charge is 2.15. The number of hydrogen-bond donors (Lipinski definition) is 1. The van der Waals surface area contributed by atoms with Crippen molar-refractivity contribution in [2.75, 3.05) is 12.3 Å². The quantitative estimate of drug-likeness (QED) is 0.843. The van der Waals surface area contributed by atoms with Gasteiger partial charge < -0.3 is 0 Å². The molecule has 1 rings (SSSR count). The number of sulfonamides is 1. The minimum Gasteiger partial charge on any atom is -0.210 e. The Kier molecular flexibility index (Phi) is 4.85. The van der Waals surface area contributed by atoms with Gasteiger partial charge in [-0.3, -0.25) is 0 Å². The van der Waals surface area contributed by atoms with Gasteiger partial charge in [0.1, 0.15) is 4.21 Å². The van der Waals surface area contributed by atoms with Crippen molar-refractivity contribution >= 4 is 33.1 Å². The van der Waals surface area contributed by atoms with Gasteiger partial charge in [0.15, 0.2) is 0 Å². The van der Waals surface area contributed by atoms with Crippen LogP contribution in [0.1, 0.15) is 20.8 Å². The summed E-state index contributed by atoms with van der Waals surface area (Å²) in [6.45, 7) is 6.82. The van der Waals surface area contributed by atoms with E-state index in [1.54, 1.807) is 29.3 Å². The Hall–Kier alpha value is -0.0400. The third kappa shape index (κ3) is 4.86. The predicted molar refractivity (Wildman–Crippen MR) is 71.7 cm³/mol. The fraction of sp³-hybridized carbons (Fsp3) is 0.600. The third-order valence-corrected chi connectivity index (χ3v) is 5.82. The Bertz CT molecular complexity index is 404. The van der Waals surface area contributed by atoms with E-state index in [4.69, 9.17) is 0 Å². The normalized spacial score (nSPS) is 12.9. The molecule has 3 nitrogen and oxygen atoms in total.